The van der Waals surface area contributed by atoms with Gasteiger partial charge in [0.1, 0.15) is 11.4 Å². The minimum absolute atomic E-state index is 0.330. The smallest absolute Gasteiger partial charge is 0.432 e. The number of rotatable bonds is 2. The van der Waals surface area contributed by atoms with Crippen LogP contribution in [0.1, 0.15) is 26.5 Å². The molecule has 6 heteroatoms. The number of nitrogens with two attached hydrogens (primary N) is 1. The topological polar surface area (TPSA) is 90.4 Å². The highest BCUT2D eigenvalue weighted by atomic mass is 16.5. The van der Waals surface area contributed by atoms with Crippen molar-refractivity contribution in [3.8, 4) is 11.5 Å². The van der Waals surface area contributed by atoms with Crippen molar-refractivity contribution in [3.05, 3.63) is 36.2 Å². The van der Waals surface area contributed by atoms with Crippen LogP contribution in [0.25, 0.3) is 0 Å². The van der Waals surface area contributed by atoms with E-state index in [4.69, 9.17) is 15.6 Å². The van der Waals surface area contributed by atoms with E-state index in [0.29, 0.717) is 22.9 Å². The van der Waals surface area contributed by atoms with Crippen LogP contribution in [0.15, 0.2) is 30.5 Å². The summed E-state index contributed by atoms with van der Waals surface area (Å²) in [7, 11) is 0. The molecule has 3 N–H and O–H groups in total. The summed E-state index contributed by atoms with van der Waals surface area (Å²) in [6.07, 6.45) is 0.210. The molecule has 2 rings (SSSR count). The zero-order valence-electron chi connectivity index (χ0n) is 11.6. The molecule has 1 heterocycles. The maximum atomic E-state index is 11.0. The molecule has 0 aliphatic rings. The Hall–Kier alpha value is -2.50. The molecule has 0 spiro atoms. The van der Waals surface area contributed by atoms with Crippen molar-refractivity contribution < 1.29 is 14.6 Å². The van der Waals surface area contributed by atoms with Gasteiger partial charge in [-0.05, 0) is 24.3 Å². The highest BCUT2D eigenvalue weighted by Gasteiger charge is 2.25. The number of hydrogen-bond acceptors (Lipinski definition) is 4. The first-order chi connectivity index (χ1) is 9.27. The van der Waals surface area contributed by atoms with E-state index in [0.717, 1.165) is 4.68 Å². The van der Waals surface area contributed by atoms with E-state index < -0.39 is 6.09 Å². The van der Waals surface area contributed by atoms with E-state index in [1.54, 1.807) is 24.3 Å². The Labute approximate surface area is 116 Å². The Morgan fingerprint density at radius 2 is 1.90 bits per heavy atom. The highest BCUT2D eigenvalue weighted by molar-refractivity contribution is 5.67. The van der Waals surface area contributed by atoms with Crippen LogP contribution in [-0.2, 0) is 5.41 Å². The number of benzene rings is 1. The molecule has 0 aliphatic carbocycles. The van der Waals surface area contributed by atoms with Crippen molar-refractivity contribution in [2.24, 2.45) is 0 Å². The summed E-state index contributed by atoms with van der Waals surface area (Å²) >= 11 is 0. The molecule has 0 amide bonds. The SMILES string of the molecule is CC(C)(C)c1nn(C(=O)O)cc1Oc1ccc(N)cc1. The predicted molar refractivity (Wildman–Crippen MR) is 75.3 cm³/mol. The van der Waals surface area contributed by atoms with E-state index in [-0.39, 0.29) is 5.41 Å². The van der Waals surface area contributed by atoms with E-state index in [9.17, 15) is 4.79 Å². The van der Waals surface area contributed by atoms with Crippen molar-refractivity contribution >= 4 is 11.8 Å². The zero-order chi connectivity index (χ0) is 14.9. The lowest BCUT2D eigenvalue weighted by molar-refractivity contribution is 0.192. The predicted octanol–water partition coefficient (Wildman–Crippen LogP) is 3.08. The summed E-state index contributed by atoms with van der Waals surface area (Å²) in [6, 6.07) is 6.88. The number of nitrogen functional groups attached to an aromatic ring is 1. The third kappa shape index (κ3) is 2.90. The van der Waals surface area contributed by atoms with Crippen LogP contribution >= 0.6 is 0 Å². The van der Waals surface area contributed by atoms with Crippen LogP contribution in [-0.4, -0.2) is 21.0 Å². The van der Waals surface area contributed by atoms with Crippen molar-refractivity contribution in [1.29, 1.82) is 0 Å². The van der Waals surface area contributed by atoms with Gasteiger partial charge < -0.3 is 15.6 Å². The maximum absolute atomic E-state index is 11.0. The van der Waals surface area contributed by atoms with E-state index in [2.05, 4.69) is 5.10 Å². The van der Waals surface area contributed by atoms with Gasteiger partial charge in [-0.25, -0.2) is 4.79 Å². The molecule has 2 aromatic rings. The number of carbonyl (C=O) groups is 1. The molecule has 0 aliphatic heterocycles. The fourth-order valence-electron chi connectivity index (χ4n) is 1.71. The highest BCUT2D eigenvalue weighted by Crippen LogP contribution is 2.33. The summed E-state index contributed by atoms with van der Waals surface area (Å²) in [5.41, 5.74) is 6.50. The fraction of sp³-hybridized carbons (Fsp3) is 0.286. The lowest BCUT2D eigenvalue weighted by atomic mass is 9.92. The molecule has 0 bridgehead atoms. The maximum Gasteiger partial charge on any atom is 0.432 e. The summed E-state index contributed by atoms with van der Waals surface area (Å²) in [5.74, 6) is 0.999. The second-order valence-electron chi connectivity index (χ2n) is 5.49. The van der Waals surface area contributed by atoms with Gasteiger partial charge in [0.15, 0.2) is 5.75 Å². The van der Waals surface area contributed by atoms with E-state index in [1.807, 2.05) is 20.8 Å². The van der Waals surface area contributed by atoms with Crippen LogP contribution in [0.3, 0.4) is 0 Å². The molecule has 0 fully saturated rings. The van der Waals surface area contributed by atoms with Crippen LogP contribution < -0.4 is 10.5 Å². The van der Waals surface area contributed by atoms with Crippen LogP contribution in [0.4, 0.5) is 10.5 Å². The number of aromatic nitrogens is 2. The van der Waals surface area contributed by atoms with Crippen molar-refractivity contribution in [2.75, 3.05) is 5.73 Å². The molecular weight excluding hydrogens is 258 g/mol. The Morgan fingerprint density at radius 3 is 2.40 bits per heavy atom. The van der Waals surface area contributed by atoms with Crippen molar-refractivity contribution in [2.45, 2.75) is 26.2 Å². The first kappa shape index (κ1) is 13.9. The third-order valence-electron chi connectivity index (χ3n) is 2.69. The van der Waals surface area contributed by atoms with Crippen LogP contribution in [0.2, 0.25) is 0 Å². The summed E-state index contributed by atoms with van der Waals surface area (Å²) in [5, 5.41) is 13.1. The molecule has 0 saturated heterocycles. The van der Waals surface area contributed by atoms with Gasteiger partial charge in [-0.2, -0.15) is 9.78 Å². The van der Waals surface area contributed by atoms with Gasteiger partial charge >= 0.3 is 6.09 Å². The minimum atomic E-state index is -1.15. The molecule has 1 aromatic carbocycles. The normalized spacial score (nSPS) is 11.3. The van der Waals surface area contributed by atoms with E-state index in [1.165, 1.54) is 6.20 Å². The van der Waals surface area contributed by atoms with Gasteiger partial charge in [0.2, 0.25) is 0 Å². The molecule has 0 atom stereocenters. The summed E-state index contributed by atoms with van der Waals surface area (Å²) in [6.45, 7) is 5.83. The Kier molecular flexibility index (Phi) is 3.40. The number of ether oxygens (including phenoxy) is 1. The second-order valence-corrected chi connectivity index (χ2v) is 5.49. The van der Waals surface area contributed by atoms with Crippen molar-refractivity contribution in [3.63, 3.8) is 0 Å². The quantitative estimate of drug-likeness (QED) is 0.822. The Bertz CT molecular complexity index is 624. The van der Waals surface area contributed by atoms with Gasteiger partial charge in [0, 0.05) is 11.1 Å². The molecule has 6 nitrogen and oxygen atoms in total. The lowest BCUT2D eigenvalue weighted by Gasteiger charge is -2.17. The number of hydrogen-bond donors (Lipinski definition) is 2. The van der Waals surface area contributed by atoms with Gasteiger partial charge in [-0.1, -0.05) is 20.8 Å². The van der Waals surface area contributed by atoms with Gasteiger partial charge in [-0.15, -0.1) is 0 Å². The van der Waals surface area contributed by atoms with Crippen LogP contribution in [0.5, 0.6) is 11.5 Å². The first-order valence-electron chi connectivity index (χ1n) is 6.14. The molecular formula is C14H17N3O3. The number of carboxylic acid groups (broad SMARTS) is 1. The molecule has 20 heavy (non-hydrogen) atoms. The van der Waals surface area contributed by atoms with Crippen molar-refractivity contribution in [1.82, 2.24) is 9.78 Å². The minimum Gasteiger partial charge on any atom is -0.463 e. The van der Waals surface area contributed by atoms with Gasteiger partial charge in [-0.3, -0.25) is 0 Å². The standard InChI is InChI=1S/C14H17N3O3/c1-14(2,3)12-11(8-17(16-12)13(18)19)20-10-6-4-9(15)5-7-10/h4-8H,15H2,1-3H3,(H,18,19). The monoisotopic (exact) mass is 275 g/mol. The average Bonchev–Trinajstić information content (AvgIpc) is 2.76. The largest absolute Gasteiger partial charge is 0.463 e. The average molecular weight is 275 g/mol. The fourth-order valence-corrected chi connectivity index (χ4v) is 1.71. The molecule has 106 valence electrons. The second kappa shape index (κ2) is 4.88. The Balaban J connectivity index is 2.39. The number of nitrogens with zero attached hydrogens (tertiary/aromatic N) is 2. The first-order valence-corrected chi connectivity index (χ1v) is 6.14. The summed E-state index contributed by atoms with van der Waals surface area (Å²) < 4.78 is 6.57. The summed E-state index contributed by atoms with van der Waals surface area (Å²) in [4.78, 5) is 11.0. The molecule has 0 radical (unpaired) electrons. The lowest BCUT2D eigenvalue weighted by Crippen LogP contribution is -2.15. The molecule has 0 unspecified atom stereocenters. The third-order valence-corrected chi connectivity index (χ3v) is 2.69. The Morgan fingerprint density at radius 1 is 1.30 bits per heavy atom. The van der Waals surface area contributed by atoms with Gasteiger partial charge in [0.05, 0.1) is 6.20 Å². The number of anilines is 1. The van der Waals surface area contributed by atoms with Crippen LogP contribution in [0, 0.1) is 0 Å². The van der Waals surface area contributed by atoms with Gasteiger partial charge in [0.25, 0.3) is 0 Å². The zero-order valence-corrected chi connectivity index (χ0v) is 11.6. The molecule has 1 aromatic heterocycles. The molecule has 0 saturated carbocycles. The van der Waals surface area contributed by atoms with E-state index >= 15 is 0 Å².